The summed E-state index contributed by atoms with van der Waals surface area (Å²) in [7, 11) is -3.29. The van der Waals surface area contributed by atoms with E-state index in [0.717, 1.165) is 25.8 Å². The van der Waals surface area contributed by atoms with Gasteiger partial charge in [0.15, 0.2) is 0 Å². The molecule has 6 heteroatoms. The molecule has 0 bridgehead atoms. The van der Waals surface area contributed by atoms with Gasteiger partial charge in [-0.05, 0) is 42.5 Å². The minimum absolute atomic E-state index is 0.0132. The first kappa shape index (κ1) is 15.8. The minimum atomic E-state index is -3.29. The van der Waals surface area contributed by atoms with Gasteiger partial charge in [-0.25, -0.2) is 8.42 Å². The maximum absolute atomic E-state index is 12.5. The molecule has 1 aromatic carbocycles. The van der Waals surface area contributed by atoms with Gasteiger partial charge in [-0.1, -0.05) is 13.8 Å². The van der Waals surface area contributed by atoms with E-state index >= 15 is 0 Å². The Labute approximate surface area is 126 Å². The van der Waals surface area contributed by atoms with Gasteiger partial charge in [0.1, 0.15) is 0 Å². The summed E-state index contributed by atoms with van der Waals surface area (Å²) in [6.45, 7) is 5.89. The zero-order valence-electron chi connectivity index (χ0n) is 12.7. The summed E-state index contributed by atoms with van der Waals surface area (Å²) < 4.78 is 24.7. The van der Waals surface area contributed by atoms with E-state index in [1.165, 1.54) is 0 Å². The van der Waals surface area contributed by atoms with Gasteiger partial charge >= 0.3 is 0 Å². The molecule has 1 saturated heterocycles. The van der Waals surface area contributed by atoms with Crippen LogP contribution in [0.4, 0.5) is 5.69 Å². The molecule has 1 aliphatic rings. The fourth-order valence-electron chi connectivity index (χ4n) is 2.91. The van der Waals surface area contributed by atoms with E-state index in [9.17, 15) is 13.2 Å². The van der Waals surface area contributed by atoms with Gasteiger partial charge in [0, 0.05) is 24.3 Å². The van der Waals surface area contributed by atoms with E-state index in [-0.39, 0.29) is 5.91 Å². The third-order valence-corrected chi connectivity index (χ3v) is 4.20. The van der Waals surface area contributed by atoms with Gasteiger partial charge in [-0.2, -0.15) is 0 Å². The first-order chi connectivity index (χ1) is 9.74. The van der Waals surface area contributed by atoms with Crippen LogP contribution in [-0.4, -0.2) is 38.6 Å². The van der Waals surface area contributed by atoms with Crippen molar-refractivity contribution in [2.45, 2.75) is 20.3 Å². The second-order valence-corrected chi connectivity index (χ2v) is 7.86. The minimum Gasteiger partial charge on any atom is -0.338 e. The quantitative estimate of drug-likeness (QED) is 0.930. The molecule has 1 aliphatic heterocycles. The lowest BCUT2D eigenvalue weighted by Crippen LogP contribution is -2.42. The van der Waals surface area contributed by atoms with Gasteiger partial charge in [-0.3, -0.25) is 9.52 Å². The summed E-state index contributed by atoms with van der Waals surface area (Å²) in [6, 6.07) is 6.57. The Kier molecular flexibility index (Phi) is 4.56. The van der Waals surface area contributed by atoms with Crippen LogP contribution < -0.4 is 4.72 Å². The molecule has 0 aromatic heterocycles. The number of anilines is 1. The molecule has 5 nitrogen and oxygen atoms in total. The van der Waals surface area contributed by atoms with Crippen molar-refractivity contribution in [3.05, 3.63) is 29.8 Å². The Morgan fingerprint density at radius 1 is 1.14 bits per heavy atom. The van der Waals surface area contributed by atoms with Crippen LogP contribution in [0.15, 0.2) is 24.3 Å². The number of piperidine rings is 1. The number of amides is 1. The molecule has 1 aromatic rings. The maximum Gasteiger partial charge on any atom is 0.253 e. The van der Waals surface area contributed by atoms with Gasteiger partial charge in [-0.15, -0.1) is 0 Å². The van der Waals surface area contributed by atoms with Crippen molar-refractivity contribution in [1.29, 1.82) is 0 Å². The second kappa shape index (κ2) is 6.05. The zero-order chi connectivity index (χ0) is 15.6. The van der Waals surface area contributed by atoms with Crippen LogP contribution in [0.3, 0.4) is 0 Å². The molecular weight excluding hydrogens is 288 g/mol. The summed E-state index contributed by atoms with van der Waals surface area (Å²) in [5.41, 5.74) is 1.06. The third kappa shape index (κ3) is 4.46. The summed E-state index contributed by atoms with van der Waals surface area (Å²) in [6.07, 6.45) is 2.25. The predicted octanol–water partition coefficient (Wildman–Crippen LogP) is 2.18. The number of nitrogens with one attached hydrogen (secondary N) is 1. The summed E-state index contributed by atoms with van der Waals surface area (Å²) in [5, 5.41) is 0. The zero-order valence-corrected chi connectivity index (χ0v) is 13.5. The number of carbonyl (C=O) groups is 1. The van der Waals surface area contributed by atoms with Crippen LogP contribution in [0, 0.1) is 11.8 Å². The van der Waals surface area contributed by atoms with E-state index in [4.69, 9.17) is 0 Å². The molecular formula is C15H22N2O3S. The largest absolute Gasteiger partial charge is 0.338 e. The van der Waals surface area contributed by atoms with E-state index in [2.05, 4.69) is 18.6 Å². The van der Waals surface area contributed by atoms with E-state index in [1.54, 1.807) is 24.3 Å². The number of sulfonamides is 1. The Balaban J connectivity index is 2.09. The van der Waals surface area contributed by atoms with Crippen molar-refractivity contribution in [1.82, 2.24) is 4.90 Å². The lowest BCUT2D eigenvalue weighted by molar-refractivity contribution is 0.0623. The molecule has 2 atom stereocenters. The Bertz CT molecular complexity index is 600. The molecule has 21 heavy (non-hydrogen) atoms. The van der Waals surface area contributed by atoms with Crippen molar-refractivity contribution >= 4 is 21.6 Å². The lowest BCUT2D eigenvalue weighted by atomic mass is 9.91. The molecule has 1 amide bonds. The molecule has 1 heterocycles. The number of hydrogen-bond acceptors (Lipinski definition) is 3. The first-order valence-electron chi connectivity index (χ1n) is 7.11. The number of carbonyl (C=O) groups excluding carboxylic acids is 1. The lowest BCUT2D eigenvalue weighted by Gasteiger charge is -2.35. The van der Waals surface area contributed by atoms with Crippen molar-refractivity contribution in [2.24, 2.45) is 11.8 Å². The van der Waals surface area contributed by atoms with Gasteiger partial charge in [0.2, 0.25) is 10.0 Å². The highest BCUT2D eigenvalue weighted by Crippen LogP contribution is 2.23. The molecule has 0 spiro atoms. The maximum atomic E-state index is 12.5. The van der Waals surface area contributed by atoms with Gasteiger partial charge < -0.3 is 4.90 Å². The van der Waals surface area contributed by atoms with Gasteiger partial charge in [0.25, 0.3) is 5.91 Å². The molecule has 2 unspecified atom stereocenters. The molecule has 0 radical (unpaired) electrons. The molecule has 0 saturated carbocycles. The summed E-state index contributed by atoms with van der Waals surface area (Å²) in [4.78, 5) is 14.4. The van der Waals surface area contributed by atoms with Crippen molar-refractivity contribution < 1.29 is 13.2 Å². The second-order valence-electron chi connectivity index (χ2n) is 6.11. The number of benzene rings is 1. The number of rotatable bonds is 3. The number of likely N-dealkylation sites (tertiary alicyclic amines) is 1. The van der Waals surface area contributed by atoms with Crippen LogP contribution >= 0.6 is 0 Å². The Morgan fingerprint density at radius 2 is 1.67 bits per heavy atom. The van der Waals surface area contributed by atoms with Crippen LogP contribution in [-0.2, 0) is 10.0 Å². The van der Waals surface area contributed by atoms with E-state index in [1.807, 2.05) is 4.90 Å². The SMILES string of the molecule is CC1CC(C)CN(C(=O)c2ccc(NS(C)(=O)=O)cc2)C1. The first-order valence-corrected chi connectivity index (χ1v) is 9.01. The smallest absolute Gasteiger partial charge is 0.253 e. The molecule has 1 fully saturated rings. The standard InChI is InChI=1S/C15H22N2O3S/c1-11-8-12(2)10-17(9-11)15(18)13-4-6-14(7-5-13)16-21(3,19)20/h4-7,11-12,16H,8-10H2,1-3H3. The summed E-state index contributed by atoms with van der Waals surface area (Å²) in [5.74, 6) is 1.05. The molecule has 116 valence electrons. The molecule has 0 aliphatic carbocycles. The van der Waals surface area contributed by atoms with Crippen molar-refractivity contribution in [3.63, 3.8) is 0 Å². The highest BCUT2D eigenvalue weighted by atomic mass is 32.2. The number of nitrogens with zero attached hydrogens (tertiary/aromatic N) is 1. The predicted molar refractivity (Wildman–Crippen MR) is 83.8 cm³/mol. The van der Waals surface area contributed by atoms with Crippen molar-refractivity contribution in [2.75, 3.05) is 24.1 Å². The number of hydrogen-bond donors (Lipinski definition) is 1. The molecule has 2 rings (SSSR count). The highest BCUT2D eigenvalue weighted by molar-refractivity contribution is 7.92. The molecule has 1 N–H and O–H groups in total. The third-order valence-electron chi connectivity index (χ3n) is 3.59. The van der Waals surface area contributed by atoms with E-state index < -0.39 is 10.0 Å². The Hall–Kier alpha value is -1.56. The highest BCUT2D eigenvalue weighted by Gasteiger charge is 2.26. The normalized spacial score (nSPS) is 22.9. The fraction of sp³-hybridized carbons (Fsp3) is 0.533. The van der Waals surface area contributed by atoms with Crippen LogP contribution in [0.5, 0.6) is 0 Å². The topological polar surface area (TPSA) is 66.5 Å². The van der Waals surface area contributed by atoms with Crippen molar-refractivity contribution in [3.8, 4) is 0 Å². The Morgan fingerprint density at radius 3 is 2.14 bits per heavy atom. The van der Waals surface area contributed by atoms with Crippen LogP contribution in [0.1, 0.15) is 30.6 Å². The summed E-state index contributed by atoms with van der Waals surface area (Å²) >= 11 is 0. The average Bonchev–Trinajstić information content (AvgIpc) is 2.35. The average molecular weight is 310 g/mol. The van der Waals surface area contributed by atoms with Gasteiger partial charge in [0.05, 0.1) is 6.26 Å². The van der Waals surface area contributed by atoms with Crippen LogP contribution in [0.25, 0.3) is 0 Å². The fourth-order valence-corrected chi connectivity index (χ4v) is 3.47. The van der Waals surface area contributed by atoms with Crippen LogP contribution in [0.2, 0.25) is 0 Å². The van der Waals surface area contributed by atoms with E-state index in [0.29, 0.717) is 23.1 Å². The monoisotopic (exact) mass is 310 g/mol.